The summed E-state index contributed by atoms with van der Waals surface area (Å²) in [7, 11) is 2.13. The maximum atomic E-state index is 8.79. The van der Waals surface area contributed by atoms with Crippen molar-refractivity contribution in [1.29, 1.82) is 5.26 Å². The fraction of sp³-hybridized carbons (Fsp3) is 0.909. The molecule has 1 aliphatic heterocycles. The molecule has 0 bridgehead atoms. The Morgan fingerprint density at radius 3 is 2.80 bits per heavy atom. The summed E-state index contributed by atoms with van der Waals surface area (Å²) in [4.78, 5) is 4.73. The topological polar surface area (TPSA) is 56.3 Å². The highest BCUT2D eigenvalue weighted by atomic mass is 15.3. The van der Waals surface area contributed by atoms with E-state index < -0.39 is 0 Å². The van der Waals surface area contributed by atoms with Gasteiger partial charge in [0.2, 0.25) is 0 Å². The summed E-state index contributed by atoms with van der Waals surface area (Å²) in [5.74, 6) is 0. The maximum Gasteiger partial charge on any atom is 0.0638 e. The fourth-order valence-corrected chi connectivity index (χ4v) is 2.32. The second-order valence-electron chi connectivity index (χ2n) is 4.31. The molecular weight excluding hydrogens is 188 g/mol. The zero-order valence-corrected chi connectivity index (χ0v) is 9.82. The van der Waals surface area contributed by atoms with Gasteiger partial charge in [0.15, 0.2) is 0 Å². The molecule has 2 unspecified atom stereocenters. The van der Waals surface area contributed by atoms with E-state index in [0.717, 1.165) is 26.1 Å². The number of nitrogens with zero attached hydrogens (tertiary/aromatic N) is 3. The Hall–Kier alpha value is -0.630. The van der Waals surface area contributed by atoms with Gasteiger partial charge in [0.05, 0.1) is 12.5 Å². The molecule has 0 radical (unpaired) electrons. The Balaban J connectivity index is 2.61. The van der Waals surface area contributed by atoms with Crippen LogP contribution in [0.4, 0.5) is 0 Å². The van der Waals surface area contributed by atoms with Crippen LogP contribution in [0.2, 0.25) is 0 Å². The number of piperazine rings is 1. The Morgan fingerprint density at radius 2 is 2.27 bits per heavy atom. The molecule has 1 heterocycles. The van der Waals surface area contributed by atoms with Crippen molar-refractivity contribution in [3.05, 3.63) is 0 Å². The van der Waals surface area contributed by atoms with E-state index in [-0.39, 0.29) is 0 Å². The average Bonchev–Trinajstić information content (AvgIpc) is 2.26. The van der Waals surface area contributed by atoms with Crippen molar-refractivity contribution >= 4 is 0 Å². The summed E-state index contributed by atoms with van der Waals surface area (Å²) < 4.78 is 0. The zero-order chi connectivity index (χ0) is 11.3. The first-order chi connectivity index (χ1) is 7.22. The molecule has 0 amide bonds. The minimum atomic E-state index is 0.386. The third kappa shape index (κ3) is 3.16. The molecule has 0 aliphatic carbocycles. The molecule has 2 N–H and O–H groups in total. The van der Waals surface area contributed by atoms with Gasteiger partial charge in [0.1, 0.15) is 0 Å². The molecule has 1 fully saturated rings. The minimum Gasteiger partial charge on any atom is -0.329 e. The zero-order valence-electron chi connectivity index (χ0n) is 9.82. The van der Waals surface area contributed by atoms with Crippen LogP contribution in [0.1, 0.15) is 19.8 Å². The molecule has 2 atom stereocenters. The van der Waals surface area contributed by atoms with Gasteiger partial charge in [-0.3, -0.25) is 4.90 Å². The molecule has 0 spiro atoms. The van der Waals surface area contributed by atoms with Crippen molar-refractivity contribution in [2.24, 2.45) is 5.73 Å². The van der Waals surface area contributed by atoms with Crippen LogP contribution in [0.25, 0.3) is 0 Å². The number of hydrogen-bond donors (Lipinski definition) is 1. The van der Waals surface area contributed by atoms with Crippen LogP contribution < -0.4 is 5.73 Å². The lowest BCUT2D eigenvalue weighted by Crippen LogP contribution is -2.57. The molecule has 0 saturated carbocycles. The number of rotatable bonds is 4. The van der Waals surface area contributed by atoms with Crippen LogP contribution >= 0.6 is 0 Å². The quantitative estimate of drug-likeness (QED) is 0.723. The summed E-state index contributed by atoms with van der Waals surface area (Å²) in [6.07, 6.45) is 1.66. The van der Waals surface area contributed by atoms with E-state index >= 15 is 0 Å². The van der Waals surface area contributed by atoms with Crippen molar-refractivity contribution in [2.75, 3.05) is 33.2 Å². The van der Waals surface area contributed by atoms with Crippen molar-refractivity contribution in [1.82, 2.24) is 9.80 Å². The maximum absolute atomic E-state index is 8.79. The van der Waals surface area contributed by atoms with Gasteiger partial charge in [-0.2, -0.15) is 5.26 Å². The van der Waals surface area contributed by atoms with Crippen LogP contribution in [0, 0.1) is 11.3 Å². The third-order valence-electron chi connectivity index (χ3n) is 3.27. The highest BCUT2D eigenvalue weighted by Gasteiger charge is 2.28. The summed E-state index contributed by atoms with van der Waals surface area (Å²) in [5.41, 5.74) is 5.79. The molecular formula is C11H22N4. The SMILES string of the molecule is CCC(CC#N)N1CCN(C)CC1CN. The van der Waals surface area contributed by atoms with Crippen LogP contribution in [0.3, 0.4) is 0 Å². The Labute approximate surface area is 92.6 Å². The first kappa shape index (κ1) is 12.4. The standard InChI is InChI=1S/C11H22N4/c1-3-10(4-5-12)15-7-6-14(2)9-11(15)8-13/h10-11H,3-4,6-9,13H2,1-2H3. The third-order valence-corrected chi connectivity index (χ3v) is 3.27. The van der Waals surface area contributed by atoms with Crippen LogP contribution in [-0.2, 0) is 0 Å². The van der Waals surface area contributed by atoms with Crippen LogP contribution in [0.15, 0.2) is 0 Å². The first-order valence-electron chi connectivity index (χ1n) is 5.74. The molecule has 0 aromatic heterocycles. The second kappa shape index (κ2) is 6.06. The molecule has 0 aromatic rings. The average molecular weight is 210 g/mol. The van der Waals surface area contributed by atoms with E-state index in [0.29, 0.717) is 25.0 Å². The summed E-state index contributed by atoms with van der Waals surface area (Å²) in [6, 6.07) is 3.08. The van der Waals surface area contributed by atoms with Crippen molar-refractivity contribution < 1.29 is 0 Å². The van der Waals surface area contributed by atoms with Gasteiger partial charge >= 0.3 is 0 Å². The van der Waals surface area contributed by atoms with Gasteiger partial charge < -0.3 is 10.6 Å². The second-order valence-corrected chi connectivity index (χ2v) is 4.31. The van der Waals surface area contributed by atoms with E-state index in [2.05, 4.69) is 29.8 Å². The molecule has 4 nitrogen and oxygen atoms in total. The summed E-state index contributed by atoms with van der Waals surface area (Å²) in [5, 5.41) is 8.79. The summed E-state index contributed by atoms with van der Waals surface area (Å²) in [6.45, 7) is 5.98. The van der Waals surface area contributed by atoms with Gasteiger partial charge in [-0.05, 0) is 13.5 Å². The number of hydrogen-bond acceptors (Lipinski definition) is 4. The smallest absolute Gasteiger partial charge is 0.0638 e. The van der Waals surface area contributed by atoms with Gasteiger partial charge in [0.25, 0.3) is 0 Å². The number of nitriles is 1. The van der Waals surface area contributed by atoms with Gasteiger partial charge in [-0.25, -0.2) is 0 Å². The number of nitrogens with two attached hydrogens (primary N) is 1. The molecule has 4 heteroatoms. The molecule has 1 aliphatic rings. The first-order valence-corrected chi connectivity index (χ1v) is 5.74. The largest absolute Gasteiger partial charge is 0.329 e. The molecule has 15 heavy (non-hydrogen) atoms. The van der Waals surface area contributed by atoms with Crippen LogP contribution in [-0.4, -0.2) is 55.1 Å². The van der Waals surface area contributed by atoms with Gasteiger partial charge in [-0.15, -0.1) is 0 Å². The minimum absolute atomic E-state index is 0.386. The predicted octanol–water partition coefficient (Wildman–Crippen LogP) is 0.253. The monoisotopic (exact) mass is 210 g/mol. The molecule has 0 aromatic carbocycles. The van der Waals surface area contributed by atoms with E-state index in [1.54, 1.807) is 0 Å². The molecule has 86 valence electrons. The van der Waals surface area contributed by atoms with E-state index in [1.807, 2.05) is 0 Å². The fourth-order valence-electron chi connectivity index (χ4n) is 2.32. The lowest BCUT2D eigenvalue weighted by Gasteiger charge is -2.43. The van der Waals surface area contributed by atoms with Gasteiger partial charge in [-0.1, -0.05) is 6.92 Å². The van der Waals surface area contributed by atoms with E-state index in [1.165, 1.54) is 0 Å². The lowest BCUT2D eigenvalue weighted by atomic mass is 10.0. The normalized spacial score (nSPS) is 26.1. The van der Waals surface area contributed by atoms with Crippen molar-refractivity contribution in [2.45, 2.75) is 31.8 Å². The van der Waals surface area contributed by atoms with E-state index in [4.69, 9.17) is 11.0 Å². The Bertz CT molecular complexity index is 223. The van der Waals surface area contributed by atoms with Crippen LogP contribution in [0.5, 0.6) is 0 Å². The summed E-state index contributed by atoms with van der Waals surface area (Å²) >= 11 is 0. The van der Waals surface area contributed by atoms with Crippen molar-refractivity contribution in [3.63, 3.8) is 0 Å². The van der Waals surface area contributed by atoms with E-state index in [9.17, 15) is 0 Å². The molecule has 1 rings (SSSR count). The van der Waals surface area contributed by atoms with Gasteiger partial charge in [0, 0.05) is 38.3 Å². The Kier molecular flexibility index (Phi) is 5.03. The highest BCUT2D eigenvalue weighted by molar-refractivity contribution is 4.89. The predicted molar refractivity (Wildman–Crippen MR) is 61.4 cm³/mol. The highest BCUT2D eigenvalue weighted by Crippen LogP contribution is 2.16. The Morgan fingerprint density at radius 1 is 1.53 bits per heavy atom. The number of likely N-dealkylation sites (N-methyl/N-ethyl adjacent to an activating group) is 1. The lowest BCUT2D eigenvalue weighted by molar-refractivity contribution is 0.0559. The molecule has 1 saturated heterocycles. The van der Waals surface area contributed by atoms with Crippen molar-refractivity contribution in [3.8, 4) is 6.07 Å².